The molecule has 1 aromatic heterocycles. The Balaban J connectivity index is 0.000000104. The number of benzene rings is 15. The van der Waals surface area contributed by atoms with Crippen LogP contribution in [0.4, 0.5) is 51.2 Å². The van der Waals surface area contributed by atoms with Crippen molar-refractivity contribution in [1.29, 1.82) is 0 Å². The highest BCUT2D eigenvalue weighted by molar-refractivity contribution is 6.11. The number of nitrogens with zero attached hydrogens (tertiary/aromatic N) is 4. The van der Waals surface area contributed by atoms with E-state index in [-0.39, 0.29) is 5.41 Å². The predicted octanol–water partition coefficient (Wildman–Crippen LogP) is 37.9. The van der Waals surface area contributed by atoms with Crippen molar-refractivity contribution in [3.8, 4) is 27.9 Å². The topological polar surface area (TPSA) is 14.7 Å². The summed E-state index contributed by atoms with van der Waals surface area (Å²) >= 11 is 0. The molecule has 17 aliphatic carbocycles. The fourth-order valence-corrected chi connectivity index (χ4v) is 35.5. The van der Waals surface area contributed by atoms with E-state index in [1.165, 1.54) is 326 Å². The van der Waals surface area contributed by atoms with Crippen molar-refractivity contribution in [1.82, 2.24) is 4.57 Å². The summed E-state index contributed by atoms with van der Waals surface area (Å²) in [6.45, 7) is 4.80. The second-order valence-corrected chi connectivity index (χ2v) is 49.6. The molecular weight excluding hydrogens is 1750 g/mol. The van der Waals surface area contributed by atoms with Crippen molar-refractivity contribution in [3.05, 3.63) is 431 Å². The van der Waals surface area contributed by atoms with Crippen molar-refractivity contribution in [2.75, 3.05) is 14.7 Å². The molecule has 0 aliphatic heterocycles. The Hall–Kier alpha value is -12.5. The Labute approximate surface area is 861 Å². The maximum Gasteiger partial charge on any atom is 0.0714 e. The smallest absolute Gasteiger partial charge is 0.0714 e. The molecule has 15 fully saturated rings. The van der Waals surface area contributed by atoms with Crippen LogP contribution in [0.15, 0.2) is 364 Å². The number of para-hydroxylation sites is 2. The van der Waals surface area contributed by atoms with Crippen molar-refractivity contribution >= 4 is 73.0 Å². The van der Waals surface area contributed by atoms with Gasteiger partial charge in [0.25, 0.3) is 0 Å². The van der Waals surface area contributed by atoms with Crippen molar-refractivity contribution in [2.45, 2.75) is 245 Å². The lowest BCUT2D eigenvalue weighted by Gasteiger charge is -2.57. The molecule has 9 unspecified atom stereocenters. The standard InChI is InChI=1S/C54H51N.C44H47N.C43H42N2/c1-3-9-43(10-4-1)54(44-11-5-2-6-12-44)51-14-8-7-13-48(51)49-26-25-47(32-52(49)54)55(45-21-17-40(18-22-45)50-31-36-15-16-41(50)30-36)46-23-19-42(20-24-46)53-33-37-27-38(34-53)29-39(28-37)35-53;1-43(2)41-6-4-3-5-38(41)39-18-17-37(24-42(39)43)45(35-13-9-32(10-14-35)40-23-28-7-8-33(40)22-28)36-15-11-34(12-16-36)44-25-29-19-30(26-44)21-31(20-29)27-44;1-3-9-31(10-4-1)32-17-21-36(22-18-32)44(37-23-19-33(20-24-37)40-28-30-15-16-34(40)27-30)38-25-26-43-41(29-38)39-13-7-8-14-42(39)45(43)35-11-5-2-6-12-35/h1-14,17-26,32,36-39,41,50H,15-16,27-31,33-35H2;3-6,9-18,24,28-31,33,40H,7-8,19-23,25-27H2,1-2H3;2,5-8,11-14,17-26,29-31,34,40H,1,3-4,9-10,15-16,27-28H2. The van der Waals surface area contributed by atoms with E-state index in [2.05, 4.69) is 397 Å². The number of hydrogen-bond donors (Lipinski definition) is 0. The molecule has 15 aromatic carbocycles. The van der Waals surface area contributed by atoms with E-state index in [0.29, 0.717) is 16.7 Å². The van der Waals surface area contributed by atoms with Gasteiger partial charge in [0.05, 0.1) is 16.4 Å². The van der Waals surface area contributed by atoms with Gasteiger partial charge in [0.1, 0.15) is 0 Å². The zero-order chi connectivity index (χ0) is 95.8. The summed E-state index contributed by atoms with van der Waals surface area (Å²) in [6.07, 6.45) is 41.4. The van der Waals surface area contributed by atoms with E-state index in [0.717, 1.165) is 88.8 Å². The molecule has 0 N–H and O–H groups in total. The first-order valence-corrected chi connectivity index (χ1v) is 57.1. The third kappa shape index (κ3) is 15.2. The van der Waals surface area contributed by atoms with Crippen LogP contribution in [-0.4, -0.2) is 4.57 Å². The second-order valence-electron chi connectivity index (χ2n) is 49.6. The van der Waals surface area contributed by atoms with Crippen LogP contribution >= 0.6 is 0 Å². The molecule has 0 saturated heterocycles. The molecule has 1 heterocycles. The summed E-state index contributed by atoms with van der Waals surface area (Å²) in [5.74, 6) is 14.3. The lowest BCUT2D eigenvalue weighted by atomic mass is 9.48. The summed E-state index contributed by atoms with van der Waals surface area (Å²) in [5, 5.41) is 2.58. The molecule has 0 amide bonds. The lowest BCUT2D eigenvalue weighted by molar-refractivity contribution is -0.00530. The van der Waals surface area contributed by atoms with Crippen molar-refractivity contribution in [2.24, 2.45) is 71.0 Å². The van der Waals surface area contributed by atoms with E-state index < -0.39 is 5.41 Å². The molecule has 17 aliphatic rings. The fourth-order valence-electron chi connectivity index (χ4n) is 35.5. The molecule has 9 atom stereocenters. The Morgan fingerprint density at radius 1 is 0.228 bits per heavy atom. The first-order valence-electron chi connectivity index (χ1n) is 57.1. The van der Waals surface area contributed by atoms with Crippen molar-refractivity contribution < 1.29 is 0 Å². The highest BCUT2D eigenvalue weighted by Crippen LogP contribution is 2.66. The Morgan fingerprint density at radius 3 is 0.993 bits per heavy atom. The third-order valence-corrected chi connectivity index (χ3v) is 41.2. The van der Waals surface area contributed by atoms with Crippen LogP contribution < -0.4 is 14.7 Å². The zero-order valence-electron chi connectivity index (χ0n) is 85.2. The molecule has 145 heavy (non-hydrogen) atoms. The summed E-state index contributed by atoms with van der Waals surface area (Å²) in [5.41, 5.74) is 38.3. The van der Waals surface area contributed by atoms with Gasteiger partial charge in [-0.3, -0.25) is 0 Å². The first kappa shape index (κ1) is 88.9. The van der Waals surface area contributed by atoms with Gasteiger partial charge >= 0.3 is 0 Å². The molecular formula is C141H140N4. The highest BCUT2D eigenvalue weighted by atomic mass is 15.2. The van der Waals surface area contributed by atoms with E-state index in [1.54, 1.807) is 27.8 Å². The maximum atomic E-state index is 2.55. The normalized spacial score (nSPS) is 27.9. The monoisotopic (exact) mass is 1890 g/mol. The zero-order valence-corrected chi connectivity index (χ0v) is 85.2. The van der Waals surface area contributed by atoms with Gasteiger partial charge in [-0.2, -0.15) is 0 Å². The minimum atomic E-state index is -0.426. The average Bonchev–Trinajstić information content (AvgIpc) is 1.53. The van der Waals surface area contributed by atoms with Crippen LogP contribution in [0.5, 0.6) is 0 Å². The second kappa shape index (κ2) is 35.7. The van der Waals surface area contributed by atoms with Crippen LogP contribution in [0.3, 0.4) is 0 Å². The van der Waals surface area contributed by atoms with Crippen LogP contribution in [0.1, 0.15) is 290 Å². The van der Waals surface area contributed by atoms with Gasteiger partial charge in [-0.25, -0.2) is 0 Å². The van der Waals surface area contributed by atoms with Crippen LogP contribution in [0.25, 0.3) is 49.7 Å². The molecule has 4 nitrogen and oxygen atoms in total. The average molecular weight is 1890 g/mol. The van der Waals surface area contributed by atoms with Crippen LogP contribution in [-0.2, 0) is 21.7 Å². The van der Waals surface area contributed by atoms with Gasteiger partial charge in [0.15, 0.2) is 0 Å². The quantitative estimate of drug-likeness (QED) is 0.0851. The molecule has 0 radical (unpaired) electrons. The minimum Gasteiger partial charge on any atom is -0.310 e. The summed E-state index contributed by atoms with van der Waals surface area (Å²) in [6, 6.07) is 140. The molecule has 15 saturated carbocycles. The number of anilines is 9. The molecule has 724 valence electrons. The number of hydrogen-bond acceptors (Lipinski definition) is 3. The maximum absolute atomic E-state index is 2.55. The summed E-state index contributed by atoms with van der Waals surface area (Å²) < 4.78 is 2.40. The van der Waals surface area contributed by atoms with E-state index >= 15 is 0 Å². The SMILES string of the molecule is CC1(C)c2ccccc2-c2ccc(N(c3ccc(C4CC5CCC4C5)cc3)c3ccc(C45CC6CC(CC(C6)C4)C5)cc3)cc21.c1ccc(-n2c3ccccc3c3cc(N(c4ccc(C5CCCCC5)cc4)c4ccc(C5CC6CCC5C6)cc4)ccc32)cc1.c1ccc(C2(c3ccccc3)c3ccccc3-c3ccc(N(c4ccc(C5CC6CCC5C6)cc4)c4ccc(C56CC7CC(CC(C7)C5)C6)cc4)cc32)cc1. The third-order valence-electron chi connectivity index (χ3n) is 41.2. The fraction of sp³-hybridized carbons (Fsp3) is 0.362. The minimum absolute atomic E-state index is 0.0123. The number of aromatic nitrogens is 1. The first-order chi connectivity index (χ1) is 71.4. The van der Waals surface area contributed by atoms with Crippen molar-refractivity contribution in [3.63, 3.8) is 0 Å². The van der Waals surface area contributed by atoms with Gasteiger partial charge in [0.2, 0.25) is 0 Å². The molecule has 33 rings (SSSR count). The lowest BCUT2D eigenvalue weighted by Crippen LogP contribution is -2.48. The van der Waals surface area contributed by atoms with E-state index in [4.69, 9.17) is 0 Å². The molecule has 0 spiro atoms. The summed E-state index contributed by atoms with van der Waals surface area (Å²) in [4.78, 5) is 7.56. The predicted molar refractivity (Wildman–Crippen MR) is 603 cm³/mol. The number of rotatable bonds is 18. The van der Waals surface area contributed by atoms with E-state index in [1.807, 2.05) is 0 Å². The Bertz CT molecular complexity index is 7400. The number of fused-ring (bicyclic) bond motifs is 15. The van der Waals surface area contributed by atoms with Crippen LogP contribution in [0.2, 0.25) is 0 Å². The van der Waals surface area contributed by atoms with Gasteiger partial charge in [-0.05, 0) is 476 Å². The molecule has 14 bridgehead atoms. The largest absolute Gasteiger partial charge is 0.310 e. The van der Waals surface area contributed by atoms with E-state index in [9.17, 15) is 0 Å². The van der Waals surface area contributed by atoms with Gasteiger partial charge in [0, 0.05) is 73.1 Å². The highest BCUT2D eigenvalue weighted by Gasteiger charge is 2.55. The Kier molecular flexibility index (Phi) is 21.9. The van der Waals surface area contributed by atoms with Gasteiger partial charge in [-0.15, -0.1) is 0 Å². The molecule has 16 aromatic rings. The molecule has 4 heteroatoms. The van der Waals surface area contributed by atoms with Crippen LogP contribution in [0, 0.1) is 71.0 Å². The summed E-state index contributed by atoms with van der Waals surface area (Å²) in [7, 11) is 0. The van der Waals surface area contributed by atoms with Gasteiger partial charge in [-0.1, -0.05) is 283 Å². The van der Waals surface area contributed by atoms with Gasteiger partial charge < -0.3 is 19.3 Å². The Morgan fingerprint density at radius 2 is 0.566 bits per heavy atom.